The summed E-state index contributed by atoms with van der Waals surface area (Å²) in [6, 6.07) is 15.6. The van der Waals surface area contributed by atoms with Crippen LogP contribution in [0, 0.1) is 11.6 Å². The van der Waals surface area contributed by atoms with Crippen LogP contribution in [-0.2, 0) is 9.59 Å². The number of likely N-dealkylation sites (N-methyl/N-ethyl adjacent to an activating group) is 1. The van der Waals surface area contributed by atoms with Crippen LogP contribution in [0.3, 0.4) is 0 Å². The molecule has 7 heteroatoms. The van der Waals surface area contributed by atoms with Crippen molar-refractivity contribution in [2.24, 2.45) is 0 Å². The lowest BCUT2D eigenvalue weighted by molar-refractivity contribution is -0.126. The number of halogens is 2. The van der Waals surface area contributed by atoms with Gasteiger partial charge in [0.1, 0.15) is 6.04 Å². The van der Waals surface area contributed by atoms with Crippen molar-refractivity contribution < 1.29 is 18.4 Å². The van der Waals surface area contributed by atoms with Gasteiger partial charge in [0, 0.05) is 22.9 Å². The zero-order valence-corrected chi connectivity index (χ0v) is 16.3. The van der Waals surface area contributed by atoms with Gasteiger partial charge in [-0.25, -0.2) is 8.78 Å². The molecule has 3 rings (SSSR count). The van der Waals surface area contributed by atoms with Gasteiger partial charge in [0.2, 0.25) is 11.8 Å². The quantitative estimate of drug-likeness (QED) is 0.593. The minimum atomic E-state index is -1.14. The highest BCUT2D eigenvalue weighted by Crippen LogP contribution is 2.28. The first-order chi connectivity index (χ1) is 14.0. The number of hydrogen-bond acceptors (Lipinski definition) is 3. The number of benzene rings is 2. The molecule has 148 valence electrons. The summed E-state index contributed by atoms with van der Waals surface area (Å²) >= 11 is 1.52. The highest BCUT2D eigenvalue weighted by atomic mass is 32.1. The molecule has 0 aliphatic carbocycles. The van der Waals surface area contributed by atoms with Crippen LogP contribution in [0.25, 0.3) is 16.5 Å². The molecular formula is C22H18F2N2O2S. The molecule has 4 nitrogen and oxygen atoms in total. The summed E-state index contributed by atoms with van der Waals surface area (Å²) in [5, 5.41) is 4.92. The van der Waals surface area contributed by atoms with E-state index < -0.39 is 29.5 Å². The topological polar surface area (TPSA) is 58.2 Å². The van der Waals surface area contributed by atoms with Crippen LogP contribution in [0.2, 0.25) is 0 Å². The first-order valence-electron chi connectivity index (χ1n) is 8.78. The van der Waals surface area contributed by atoms with Gasteiger partial charge < -0.3 is 10.6 Å². The summed E-state index contributed by atoms with van der Waals surface area (Å²) in [6.45, 7) is 0. The maximum absolute atomic E-state index is 13.5. The van der Waals surface area contributed by atoms with E-state index in [1.807, 2.05) is 42.5 Å². The van der Waals surface area contributed by atoms with Crippen LogP contribution in [0.1, 0.15) is 16.5 Å². The molecule has 1 atom stereocenters. The Morgan fingerprint density at radius 1 is 1.00 bits per heavy atom. The van der Waals surface area contributed by atoms with Gasteiger partial charge in [-0.2, -0.15) is 0 Å². The van der Waals surface area contributed by atoms with E-state index >= 15 is 0 Å². The third-order valence-electron chi connectivity index (χ3n) is 4.16. The van der Waals surface area contributed by atoms with Gasteiger partial charge in [0.15, 0.2) is 11.6 Å². The van der Waals surface area contributed by atoms with Gasteiger partial charge in [-0.1, -0.05) is 36.4 Å². The predicted octanol–water partition coefficient (Wildman–Crippen LogP) is 4.31. The van der Waals surface area contributed by atoms with Crippen molar-refractivity contribution in [2.75, 3.05) is 7.05 Å². The van der Waals surface area contributed by atoms with Crippen molar-refractivity contribution in [3.63, 3.8) is 0 Å². The fourth-order valence-corrected chi connectivity index (χ4v) is 3.60. The monoisotopic (exact) mass is 412 g/mol. The van der Waals surface area contributed by atoms with Gasteiger partial charge in [-0.3, -0.25) is 9.59 Å². The summed E-state index contributed by atoms with van der Waals surface area (Å²) in [4.78, 5) is 26.4. The van der Waals surface area contributed by atoms with E-state index in [2.05, 4.69) is 10.6 Å². The van der Waals surface area contributed by atoms with E-state index in [4.69, 9.17) is 0 Å². The molecule has 1 aromatic heterocycles. The fraction of sp³-hybridized carbons (Fsp3) is 0.0909. The van der Waals surface area contributed by atoms with Crippen LogP contribution in [-0.4, -0.2) is 18.9 Å². The molecule has 1 heterocycles. The highest BCUT2D eigenvalue weighted by Gasteiger charge is 2.22. The van der Waals surface area contributed by atoms with Crippen LogP contribution in [0.5, 0.6) is 0 Å². The fourth-order valence-electron chi connectivity index (χ4n) is 2.68. The maximum Gasteiger partial charge on any atom is 0.246 e. The summed E-state index contributed by atoms with van der Waals surface area (Å²) in [7, 11) is 1.40. The van der Waals surface area contributed by atoms with Crippen molar-refractivity contribution in [3.8, 4) is 10.4 Å². The first kappa shape index (κ1) is 20.4. The van der Waals surface area contributed by atoms with E-state index in [1.54, 1.807) is 6.08 Å². The molecule has 0 aliphatic rings. The molecule has 0 saturated heterocycles. The molecule has 0 spiro atoms. The molecule has 0 fully saturated rings. The Labute approximate surface area is 170 Å². The van der Waals surface area contributed by atoms with Gasteiger partial charge in [-0.05, 0) is 41.5 Å². The smallest absolute Gasteiger partial charge is 0.246 e. The van der Waals surface area contributed by atoms with Crippen LogP contribution >= 0.6 is 11.3 Å². The molecule has 29 heavy (non-hydrogen) atoms. The minimum absolute atomic E-state index is 0.146. The zero-order chi connectivity index (χ0) is 20.8. The molecular weight excluding hydrogens is 394 g/mol. The second-order valence-electron chi connectivity index (χ2n) is 6.13. The van der Waals surface area contributed by atoms with Crippen LogP contribution < -0.4 is 10.6 Å². The average molecular weight is 412 g/mol. The molecule has 1 unspecified atom stereocenters. The maximum atomic E-state index is 13.5. The number of amides is 2. The summed E-state index contributed by atoms with van der Waals surface area (Å²) < 4.78 is 26.7. The normalized spacial score (nSPS) is 12.0. The van der Waals surface area contributed by atoms with E-state index in [1.165, 1.54) is 30.5 Å². The molecule has 0 aliphatic heterocycles. The van der Waals surface area contributed by atoms with E-state index in [0.717, 1.165) is 27.5 Å². The van der Waals surface area contributed by atoms with Gasteiger partial charge in [0.25, 0.3) is 0 Å². The number of carbonyl (C=O) groups excluding carboxylic acids is 2. The Balaban J connectivity index is 1.72. The molecule has 3 aromatic rings. The Morgan fingerprint density at radius 2 is 1.76 bits per heavy atom. The lowest BCUT2D eigenvalue weighted by Crippen LogP contribution is -2.38. The number of rotatable bonds is 6. The Bertz CT molecular complexity index is 1050. The second kappa shape index (κ2) is 9.25. The molecule has 0 bridgehead atoms. The van der Waals surface area contributed by atoms with Gasteiger partial charge in [-0.15, -0.1) is 11.3 Å². The predicted molar refractivity (Wildman–Crippen MR) is 110 cm³/mol. The van der Waals surface area contributed by atoms with E-state index in [9.17, 15) is 18.4 Å². The SMILES string of the molecule is CNC(=O)C(NC(=O)C=Cc1ccc(-c2ccccc2)s1)c1ccc(F)c(F)c1. The van der Waals surface area contributed by atoms with E-state index in [0.29, 0.717) is 0 Å². The molecule has 0 radical (unpaired) electrons. The van der Waals surface area contributed by atoms with Crippen LogP contribution in [0.15, 0.2) is 66.7 Å². The lowest BCUT2D eigenvalue weighted by atomic mass is 10.1. The largest absolute Gasteiger partial charge is 0.357 e. The second-order valence-corrected chi connectivity index (χ2v) is 7.25. The summed E-state index contributed by atoms with van der Waals surface area (Å²) in [6.07, 6.45) is 2.94. The molecule has 0 saturated carbocycles. The van der Waals surface area contributed by atoms with Gasteiger partial charge in [0.05, 0.1) is 0 Å². The van der Waals surface area contributed by atoms with Crippen molar-refractivity contribution >= 4 is 29.2 Å². The molecule has 2 N–H and O–H groups in total. The summed E-state index contributed by atoms with van der Waals surface area (Å²) in [5.41, 5.74) is 1.23. The average Bonchev–Trinajstić information content (AvgIpc) is 3.22. The lowest BCUT2D eigenvalue weighted by Gasteiger charge is -2.17. The summed E-state index contributed by atoms with van der Waals surface area (Å²) in [5.74, 6) is -3.19. The standard InChI is InChI=1S/C22H18F2N2O2S/c1-25-22(28)21(15-7-10-17(23)18(24)13-15)26-20(27)12-9-16-8-11-19(29-16)14-5-3-2-4-6-14/h2-13,21H,1H3,(H,25,28)(H,26,27). The number of thiophene rings is 1. The number of hydrogen-bond donors (Lipinski definition) is 2. The molecule has 2 amide bonds. The number of nitrogens with one attached hydrogen (secondary N) is 2. The van der Waals surface area contributed by atoms with Crippen molar-refractivity contribution in [2.45, 2.75) is 6.04 Å². The first-order valence-corrected chi connectivity index (χ1v) is 9.60. The minimum Gasteiger partial charge on any atom is -0.357 e. The van der Waals surface area contributed by atoms with Crippen molar-refractivity contribution in [1.29, 1.82) is 0 Å². The van der Waals surface area contributed by atoms with E-state index in [-0.39, 0.29) is 5.56 Å². The van der Waals surface area contributed by atoms with Gasteiger partial charge >= 0.3 is 0 Å². The third kappa shape index (κ3) is 5.14. The highest BCUT2D eigenvalue weighted by molar-refractivity contribution is 7.16. The van der Waals surface area contributed by atoms with Crippen molar-refractivity contribution in [1.82, 2.24) is 10.6 Å². The third-order valence-corrected chi connectivity index (χ3v) is 5.26. The molecule has 2 aromatic carbocycles. The van der Waals surface area contributed by atoms with Crippen LogP contribution in [0.4, 0.5) is 8.78 Å². The van der Waals surface area contributed by atoms with Crippen molar-refractivity contribution in [3.05, 3.63) is 88.8 Å². The Hall–Kier alpha value is -3.32. The number of carbonyl (C=O) groups is 2. The zero-order valence-electron chi connectivity index (χ0n) is 15.5. The Kier molecular flexibility index (Phi) is 6.51. The Morgan fingerprint density at radius 3 is 2.45 bits per heavy atom.